The molecule has 0 aromatic heterocycles. The van der Waals surface area contributed by atoms with E-state index in [1.54, 1.807) is 0 Å². The Morgan fingerprint density at radius 1 is 1.38 bits per heavy atom. The summed E-state index contributed by atoms with van der Waals surface area (Å²) < 4.78 is 0. The second-order valence-corrected chi connectivity index (χ2v) is 3.47. The first-order valence-electron chi connectivity index (χ1n) is 4.27. The minimum absolute atomic E-state index is 0.253. The molecule has 68 valence electrons. The van der Waals surface area contributed by atoms with Crippen LogP contribution in [0.3, 0.4) is 0 Å². The number of fused-ring (bicyclic) bond motifs is 1. The van der Waals surface area contributed by atoms with Gasteiger partial charge in [-0.05, 0) is 36.1 Å². The minimum atomic E-state index is -0.713. The van der Waals surface area contributed by atoms with Gasteiger partial charge in [0.05, 0.1) is 5.92 Å². The Hall–Kier alpha value is -1.51. The smallest absolute Gasteiger partial charge is 0.307 e. The van der Waals surface area contributed by atoms with E-state index in [1.807, 2.05) is 18.2 Å². The van der Waals surface area contributed by atoms with Crippen molar-refractivity contribution in [1.82, 2.24) is 0 Å². The van der Waals surface area contributed by atoms with E-state index in [0.29, 0.717) is 18.5 Å². The van der Waals surface area contributed by atoms with Crippen molar-refractivity contribution >= 4 is 11.7 Å². The fraction of sp³-hybridized carbons (Fsp3) is 0.300. The Morgan fingerprint density at radius 3 is 2.77 bits per heavy atom. The molecule has 3 heteroatoms. The Bertz CT molecular complexity index is 360. The average molecular weight is 177 g/mol. The monoisotopic (exact) mass is 177 g/mol. The first-order chi connectivity index (χ1) is 6.16. The molecular weight excluding hydrogens is 166 g/mol. The Balaban J connectivity index is 2.30. The van der Waals surface area contributed by atoms with Gasteiger partial charge < -0.3 is 10.8 Å². The highest BCUT2D eigenvalue weighted by atomic mass is 16.4. The van der Waals surface area contributed by atoms with E-state index in [2.05, 4.69) is 0 Å². The summed E-state index contributed by atoms with van der Waals surface area (Å²) in [4.78, 5) is 10.7. The first-order valence-corrected chi connectivity index (χ1v) is 4.27. The van der Waals surface area contributed by atoms with Crippen LogP contribution in [0.4, 0.5) is 5.69 Å². The van der Waals surface area contributed by atoms with Crippen LogP contribution in [0.5, 0.6) is 0 Å². The highest BCUT2D eigenvalue weighted by Gasteiger charge is 2.26. The molecule has 0 bridgehead atoms. The van der Waals surface area contributed by atoms with E-state index in [4.69, 9.17) is 10.8 Å². The molecular formula is C10H11NO2. The maximum Gasteiger partial charge on any atom is 0.307 e. The van der Waals surface area contributed by atoms with Gasteiger partial charge in [-0.15, -0.1) is 0 Å². The number of carboxylic acids is 1. The lowest BCUT2D eigenvalue weighted by Gasteiger charge is -1.98. The topological polar surface area (TPSA) is 63.3 Å². The number of nitrogens with two attached hydrogens (primary N) is 1. The lowest BCUT2D eigenvalue weighted by Crippen LogP contribution is -2.12. The number of carbonyl (C=O) groups is 1. The van der Waals surface area contributed by atoms with Crippen LogP contribution in [0.25, 0.3) is 0 Å². The van der Waals surface area contributed by atoms with Crippen molar-refractivity contribution in [3.8, 4) is 0 Å². The van der Waals surface area contributed by atoms with Crippen LogP contribution in [-0.2, 0) is 17.6 Å². The number of nitrogen functional groups attached to an aromatic ring is 1. The van der Waals surface area contributed by atoms with Crippen molar-refractivity contribution < 1.29 is 9.90 Å². The molecule has 1 aromatic carbocycles. The first kappa shape index (κ1) is 8.10. The van der Waals surface area contributed by atoms with Crippen molar-refractivity contribution in [2.45, 2.75) is 12.8 Å². The molecule has 2 rings (SSSR count). The van der Waals surface area contributed by atoms with Gasteiger partial charge in [0.15, 0.2) is 0 Å². The second-order valence-electron chi connectivity index (χ2n) is 3.47. The number of carboxylic acid groups (broad SMARTS) is 1. The second kappa shape index (κ2) is 2.76. The summed E-state index contributed by atoms with van der Waals surface area (Å²) >= 11 is 0. The molecule has 1 unspecified atom stereocenters. The molecule has 3 N–H and O–H groups in total. The standard InChI is InChI=1S/C10H11NO2/c11-9-2-1-6-3-8(10(12)13)4-7(6)5-9/h1-2,5,8H,3-4,11H2,(H,12,13). The van der Waals surface area contributed by atoms with Gasteiger partial charge in [-0.1, -0.05) is 6.07 Å². The minimum Gasteiger partial charge on any atom is -0.481 e. The zero-order valence-corrected chi connectivity index (χ0v) is 7.16. The van der Waals surface area contributed by atoms with Gasteiger partial charge in [-0.2, -0.15) is 0 Å². The normalized spacial score (nSPS) is 19.8. The number of rotatable bonds is 1. The molecule has 0 heterocycles. The molecule has 3 nitrogen and oxygen atoms in total. The summed E-state index contributed by atoms with van der Waals surface area (Å²) in [7, 11) is 0. The SMILES string of the molecule is Nc1ccc2c(c1)CC(C(=O)O)C2. The Labute approximate surface area is 76.2 Å². The fourth-order valence-corrected chi connectivity index (χ4v) is 1.81. The van der Waals surface area contributed by atoms with Crippen molar-refractivity contribution in [3.05, 3.63) is 29.3 Å². The predicted molar refractivity (Wildman–Crippen MR) is 49.4 cm³/mol. The molecule has 13 heavy (non-hydrogen) atoms. The third kappa shape index (κ3) is 1.37. The van der Waals surface area contributed by atoms with Gasteiger partial charge in [0.25, 0.3) is 0 Å². The molecule has 0 saturated carbocycles. The summed E-state index contributed by atoms with van der Waals surface area (Å²) in [5.74, 6) is -0.966. The number of anilines is 1. The number of hydrogen-bond acceptors (Lipinski definition) is 2. The zero-order valence-electron chi connectivity index (χ0n) is 7.16. The van der Waals surface area contributed by atoms with E-state index in [9.17, 15) is 4.79 Å². The molecule has 0 radical (unpaired) electrons. The lowest BCUT2D eigenvalue weighted by atomic mass is 10.1. The summed E-state index contributed by atoms with van der Waals surface area (Å²) in [6, 6.07) is 5.62. The quantitative estimate of drug-likeness (QED) is 0.630. The van der Waals surface area contributed by atoms with Gasteiger partial charge in [-0.3, -0.25) is 4.79 Å². The van der Waals surface area contributed by atoms with Crippen molar-refractivity contribution in [1.29, 1.82) is 0 Å². The molecule has 1 aliphatic carbocycles. The largest absolute Gasteiger partial charge is 0.481 e. The molecule has 0 aliphatic heterocycles. The highest BCUT2D eigenvalue weighted by Crippen LogP contribution is 2.28. The molecule has 1 aromatic rings. The van der Waals surface area contributed by atoms with Crippen LogP contribution in [0.15, 0.2) is 18.2 Å². The molecule has 0 spiro atoms. The third-order valence-electron chi connectivity index (χ3n) is 2.51. The Morgan fingerprint density at radius 2 is 2.08 bits per heavy atom. The maximum absolute atomic E-state index is 10.7. The van der Waals surface area contributed by atoms with Gasteiger partial charge in [0, 0.05) is 5.69 Å². The average Bonchev–Trinajstić information content (AvgIpc) is 2.46. The van der Waals surface area contributed by atoms with E-state index >= 15 is 0 Å². The summed E-state index contributed by atoms with van der Waals surface area (Å²) in [6.07, 6.45) is 1.26. The molecule has 0 fully saturated rings. The van der Waals surface area contributed by atoms with Crippen molar-refractivity contribution in [2.24, 2.45) is 5.92 Å². The van der Waals surface area contributed by atoms with E-state index in [0.717, 1.165) is 11.1 Å². The van der Waals surface area contributed by atoms with Crippen LogP contribution < -0.4 is 5.73 Å². The fourth-order valence-electron chi connectivity index (χ4n) is 1.81. The van der Waals surface area contributed by atoms with E-state index in [1.165, 1.54) is 0 Å². The third-order valence-corrected chi connectivity index (χ3v) is 2.51. The summed E-state index contributed by atoms with van der Waals surface area (Å²) in [5, 5.41) is 8.82. The number of hydrogen-bond donors (Lipinski definition) is 2. The maximum atomic E-state index is 10.7. The Kier molecular flexibility index (Phi) is 1.72. The number of aliphatic carboxylic acids is 1. The van der Waals surface area contributed by atoms with Gasteiger partial charge in [0.1, 0.15) is 0 Å². The zero-order chi connectivity index (χ0) is 9.42. The summed E-state index contributed by atoms with van der Waals surface area (Å²) in [5.41, 5.74) is 8.53. The van der Waals surface area contributed by atoms with Crippen molar-refractivity contribution in [3.63, 3.8) is 0 Å². The van der Waals surface area contributed by atoms with E-state index < -0.39 is 5.97 Å². The van der Waals surface area contributed by atoms with Crippen LogP contribution in [0, 0.1) is 5.92 Å². The van der Waals surface area contributed by atoms with Gasteiger partial charge in [0.2, 0.25) is 0 Å². The molecule has 1 atom stereocenters. The van der Waals surface area contributed by atoms with Gasteiger partial charge >= 0.3 is 5.97 Å². The summed E-state index contributed by atoms with van der Waals surface area (Å²) in [6.45, 7) is 0. The van der Waals surface area contributed by atoms with Crippen LogP contribution >= 0.6 is 0 Å². The van der Waals surface area contributed by atoms with Crippen LogP contribution in [0.2, 0.25) is 0 Å². The van der Waals surface area contributed by atoms with Crippen LogP contribution in [-0.4, -0.2) is 11.1 Å². The van der Waals surface area contributed by atoms with Crippen LogP contribution in [0.1, 0.15) is 11.1 Å². The molecule has 0 amide bonds. The number of benzene rings is 1. The van der Waals surface area contributed by atoms with Gasteiger partial charge in [-0.25, -0.2) is 0 Å². The predicted octanol–water partition coefficient (Wildman–Crippen LogP) is 1.07. The van der Waals surface area contributed by atoms with E-state index in [-0.39, 0.29) is 5.92 Å². The molecule has 1 aliphatic rings. The van der Waals surface area contributed by atoms with Crippen molar-refractivity contribution in [2.75, 3.05) is 5.73 Å². The lowest BCUT2D eigenvalue weighted by molar-refractivity contribution is -0.141. The highest BCUT2D eigenvalue weighted by molar-refractivity contribution is 5.72. The molecule has 0 saturated heterocycles.